The molecule has 102 valence electrons. The lowest BCUT2D eigenvalue weighted by Crippen LogP contribution is -2.23. The van der Waals surface area contributed by atoms with Crippen LogP contribution in [0.25, 0.3) is 0 Å². The predicted molar refractivity (Wildman–Crippen MR) is 73.3 cm³/mol. The number of likely N-dealkylation sites (tertiary alicyclic amines) is 1. The molecule has 0 aromatic heterocycles. The second-order valence-corrected chi connectivity index (χ2v) is 4.86. The van der Waals surface area contributed by atoms with Gasteiger partial charge in [-0.3, -0.25) is 9.59 Å². The summed E-state index contributed by atoms with van der Waals surface area (Å²) in [6, 6.07) is 10.1. The quantitative estimate of drug-likeness (QED) is 0.880. The number of hydrogen-bond donors (Lipinski definition) is 1. The van der Waals surface area contributed by atoms with Gasteiger partial charge in [0, 0.05) is 32.5 Å². The van der Waals surface area contributed by atoms with Crippen LogP contribution >= 0.6 is 0 Å². The van der Waals surface area contributed by atoms with Crippen LogP contribution in [0.3, 0.4) is 0 Å². The predicted octanol–water partition coefficient (Wildman–Crippen LogP) is 1.71. The molecule has 2 aliphatic rings. The molecule has 0 bridgehead atoms. The Labute approximate surface area is 113 Å². The molecule has 1 N–H and O–H groups in total. The van der Waals surface area contributed by atoms with Crippen LogP contribution in [0.4, 0.5) is 0 Å². The van der Waals surface area contributed by atoms with E-state index in [2.05, 4.69) is 17.4 Å². The van der Waals surface area contributed by atoms with Crippen molar-refractivity contribution in [1.82, 2.24) is 10.2 Å². The summed E-state index contributed by atoms with van der Waals surface area (Å²) in [5.41, 5.74) is 1.22. The third-order valence-corrected chi connectivity index (χ3v) is 3.29. The SMILES string of the molecule is O=C1CCCN1.O=C1CCCN1Cc1ccccc1. The van der Waals surface area contributed by atoms with Crippen LogP contribution in [-0.4, -0.2) is 29.8 Å². The number of nitrogens with zero attached hydrogens (tertiary/aromatic N) is 1. The van der Waals surface area contributed by atoms with Gasteiger partial charge in [0.2, 0.25) is 11.8 Å². The largest absolute Gasteiger partial charge is 0.356 e. The molecule has 2 saturated heterocycles. The Morgan fingerprint density at radius 3 is 2.32 bits per heavy atom. The molecular formula is C15H20N2O2. The van der Waals surface area contributed by atoms with Gasteiger partial charge >= 0.3 is 0 Å². The Bertz CT molecular complexity index is 423. The molecule has 4 nitrogen and oxygen atoms in total. The highest BCUT2D eigenvalue weighted by Gasteiger charge is 2.19. The van der Waals surface area contributed by atoms with Crippen LogP contribution in [-0.2, 0) is 16.1 Å². The standard InChI is InChI=1S/C11H13NO.C4H7NO/c13-11-7-4-8-12(11)9-10-5-2-1-3-6-10;6-4-2-1-3-5-4/h1-3,5-6H,4,7-9H2;1-3H2,(H,5,6). The summed E-state index contributed by atoms with van der Waals surface area (Å²) in [5.74, 6) is 0.499. The highest BCUT2D eigenvalue weighted by atomic mass is 16.2. The lowest BCUT2D eigenvalue weighted by Gasteiger charge is -2.14. The maximum atomic E-state index is 11.3. The van der Waals surface area contributed by atoms with Crippen LogP contribution in [0.2, 0.25) is 0 Å². The summed E-state index contributed by atoms with van der Waals surface area (Å²) in [4.78, 5) is 23.4. The molecule has 0 aliphatic carbocycles. The van der Waals surface area contributed by atoms with Gasteiger partial charge in [-0.25, -0.2) is 0 Å². The first-order valence-electron chi connectivity index (χ1n) is 6.84. The molecule has 2 amide bonds. The molecule has 2 heterocycles. The average molecular weight is 260 g/mol. The summed E-state index contributed by atoms with van der Waals surface area (Å²) in [6.45, 7) is 2.59. The van der Waals surface area contributed by atoms with Gasteiger partial charge in [-0.2, -0.15) is 0 Å². The Kier molecular flexibility index (Phi) is 4.95. The zero-order valence-corrected chi connectivity index (χ0v) is 11.1. The van der Waals surface area contributed by atoms with Gasteiger partial charge in [0.15, 0.2) is 0 Å². The van der Waals surface area contributed by atoms with Crippen LogP contribution in [0.1, 0.15) is 31.2 Å². The Balaban J connectivity index is 0.000000186. The van der Waals surface area contributed by atoms with E-state index in [9.17, 15) is 9.59 Å². The number of hydrogen-bond acceptors (Lipinski definition) is 2. The zero-order valence-electron chi connectivity index (χ0n) is 11.1. The van der Waals surface area contributed by atoms with Crippen molar-refractivity contribution in [2.45, 2.75) is 32.2 Å². The van der Waals surface area contributed by atoms with Gasteiger partial charge in [-0.05, 0) is 18.4 Å². The minimum Gasteiger partial charge on any atom is -0.356 e. The third-order valence-electron chi connectivity index (χ3n) is 3.29. The Morgan fingerprint density at radius 2 is 1.84 bits per heavy atom. The van der Waals surface area contributed by atoms with E-state index in [1.807, 2.05) is 23.1 Å². The van der Waals surface area contributed by atoms with E-state index in [0.29, 0.717) is 5.91 Å². The topological polar surface area (TPSA) is 49.4 Å². The summed E-state index contributed by atoms with van der Waals surface area (Å²) in [5, 5.41) is 2.68. The van der Waals surface area contributed by atoms with Crippen LogP contribution in [0.15, 0.2) is 30.3 Å². The van der Waals surface area contributed by atoms with Gasteiger partial charge in [0.1, 0.15) is 0 Å². The third kappa shape index (κ3) is 4.39. The van der Waals surface area contributed by atoms with Crippen molar-refractivity contribution in [3.63, 3.8) is 0 Å². The first kappa shape index (κ1) is 13.6. The zero-order chi connectivity index (χ0) is 13.5. The van der Waals surface area contributed by atoms with E-state index < -0.39 is 0 Å². The number of benzene rings is 1. The van der Waals surface area contributed by atoms with Crippen LogP contribution < -0.4 is 5.32 Å². The lowest BCUT2D eigenvalue weighted by atomic mass is 10.2. The number of rotatable bonds is 2. The molecular weight excluding hydrogens is 240 g/mol. The normalized spacial score (nSPS) is 18.0. The Morgan fingerprint density at radius 1 is 1.05 bits per heavy atom. The summed E-state index contributed by atoms with van der Waals surface area (Å²) < 4.78 is 0. The maximum Gasteiger partial charge on any atom is 0.222 e. The van der Waals surface area contributed by atoms with Crippen molar-refractivity contribution < 1.29 is 9.59 Å². The minimum absolute atomic E-state index is 0.204. The average Bonchev–Trinajstić information content (AvgIpc) is 3.04. The fraction of sp³-hybridized carbons (Fsp3) is 0.467. The summed E-state index contributed by atoms with van der Waals surface area (Å²) in [7, 11) is 0. The van der Waals surface area contributed by atoms with E-state index in [0.717, 1.165) is 45.3 Å². The second-order valence-electron chi connectivity index (χ2n) is 4.86. The highest BCUT2D eigenvalue weighted by molar-refractivity contribution is 5.78. The monoisotopic (exact) mass is 260 g/mol. The second kappa shape index (κ2) is 6.92. The van der Waals surface area contributed by atoms with E-state index >= 15 is 0 Å². The van der Waals surface area contributed by atoms with Crippen molar-refractivity contribution in [1.29, 1.82) is 0 Å². The molecule has 1 aromatic carbocycles. The van der Waals surface area contributed by atoms with E-state index in [1.54, 1.807) is 0 Å². The fourth-order valence-electron chi connectivity index (χ4n) is 2.24. The smallest absolute Gasteiger partial charge is 0.222 e. The number of carbonyl (C=O) groups excluding carboxylic acids is 2. The van der Waals surface area contributed by atoms with Crippen molar-refractivity contribution in [2.75, 3.05) is 13.1 Å². The van der Waals surface area contributed by atoms with E-state index in [-0.39, 0.29) is 5.91 Å². The maximum absolute atomic E-state index is 11.3. The number of carbonyl (C=O) groups is 2. The molecule has 0 atom stereocenters. The highest BCUT2D eigenvalue weighted by Crippen LogP contribution is 2.13. The summed E-state index contributed by atoms with van der Waals surface area (Å²) >= 11 is 0. The molecule has 2 fully saturated rings. The minimum atomic E-state index is 0.204. The van der Waals surface area contributed by atoms with Crippen molar-refractivity contribution in [2.24, 2.45) is 0 Å². The Hall–Kier alpha value is -1.84. The van der Waals surface area contributed by atoms with Crippen molar-refractivity contribution in [3.8, 4) is 0 Å². The van der Waals surface area contributed by atoms with Crippen molar-refractivity contribution in [3.05, 3.63) is 35.9 Å². The van der Waals surface area contributed by atoms with Gasteiger partial charge in [-0.15, -0.1) is 0 Å². The molecule has 4 heteroatoms. The molecule has 19 heavy (non-hydrogen) atoms. The molecule has 0 spiro atoms. The van der Waals surface area contributed by atoms with Gasteiger partial charge in [-0.1, -0.05) is 30.3 Å². The molecule has 3 rings (SSSR count). The number of amides is 2. The van der Waals surface area contributed by atoms with Crippen LogP contribution in [0.5, 0.6) is 0 Å². The van der Waals surface area contributed by atoms with Crippen molar-refractivity contribution >= 4 is 11.8 Å². The van der Waals surface area contributed by atoms with Crippen LogP contribution in [0, 0.1) is 0 Å². The van der Waals surface area contributed by atoms with E-state index in [4.69, 9.17) is 0 Å². The van der Waals surface area contributed by atoms with Gasteiger partial charge in [0.25, 0.3) is 0 Å². The molecule has 1 aromatic rings. The summed E-state index contributed by atoms with van der Waals surface area (Å²) in [6.07, 6.45) is 3.51. The van der Waals surface area contributed by atoms with E-state index in [1.165, 1.54) is 5.56 Å². The van der Waals surface area contributed by atoms with Gasteiger partial charge < -0.3 is 10.2 Å². The first-order chi connectivity index (χ1) is 9.25. The molecule has 2 aliphatic heterocycles. The molecule has 0 unspecified atom stereocenters. The van der Waals surface area contributed by atoms with Gasteiger partial charge in [0.05, 0.1) is 0 Å². The first-order valence-corrected chi connectivity index (χ1v) is 6.84. The lowest BCUT2D eigenvalue weighted by molar-refractivity contribution is -0.128. The number of nitrogens with one attached hydrogen (secondary N) is 1. The molecule has 0 saturated carbocycles. The fourth-order valence-corrected chi connectivity index (χ4v) is 2.24. The molecule has 0 radical (unpaired) electrons.